The molecule has 1 aromatic carbocycles. The number of hydrogen-bond acceptors (Lipinski definition) is 7. The van der Waals surface area contributed by atoms with Crippen LogP contribution >= 0.6 is 11.3 Å². The highest BCUT2D eigenvalue weighted by atomic mass is 32.1. The maximum atomic E-state index is 12.4. The van der Waals surface area contributed by atoms with E-state index in [9.17, 15) is 19.6 Å². The number of nitriles is 1. The second-order valence-corrected chi connectivity index (χ2v) is 8.22. The molecule has 1 fully saturated rings. The number of nitrogens with one attached hydrogen (secondary N) is 2. The van der Waals surface area contributed by atoms with E-state index >= 15 is 0 Å². The molecule has 0 radical (unpaired) electrons. The van der Waals surface area contributed by atoms with Crippen molar-refractivity contribution in [3.63, 3.8) is 0 Å². The topological polar surface area (TPSA) is 151 Å². The first-order valence-corrected chi connectivity index (χ1v) is 10.4. The summed E-state index contributed by atoms with van der Waals surface area (Å²) in [6, 6.07) is 10.8. The van der Waals surface area contributed by atoms with Crippen LogP contribution in [0.15, 0.2) is 36.5 Å². The van der Waals surface area contributed by atoms with Crippen molar-refractivity contribution in [3.05, 3.63) is 47.1 Å². The lowest BCUT2D eigenvalue weighted by atomic mass is 10.1. The van der Waals surface area contributed by atoms with Gasteiger partial charge in [0, 0.05) is 23.4 Å². The van der Waals surface area contributed by atoms with Gasteiger partial charge in [-0.15, -0.1) is 11.3 Å². The van der Waals surface area contributed by atoms with Gasteiger partial charge in [-0.1, -0.05) is 12.1 Å². The summed E-state index contributed by atoms with van der Waals surface area (Å²) in [4.78, 5) is 44.1. The van der Waals surface area contributed by atoms with Crippen molar-refractivity contribution in [2.24, 2.45) is 5.73 Å². The molecule has 2 heterocycles. The van der Waals surface area contributed by atoms with Crippen LogP contribution in [-0.4, -0.2) is 40.3 Å². The van der Waals surface area contributed by atoms with Gasteiger partial charge in [-0.2, -0.15) is 5.26 Å². The van der Waals surface area contributed by atoms with Crippen molar-refractivity contribution in [3.8, 4) is 17.2 Å². The molecule has 31 heavy (non-hydrogen) atoms. The second kappa shape index (κ2) is 8.49. The van der Waals surface area contributed by atoms with Crippen molar-refractivity contribution in [1.82, 2.24) is 20.6 Å². The Bertz CT molecular complexity index is 1210. The minimum atomic E-state index is -1.13. The van der Waals surface area contributed by atoms with Crippen LogP contribution in [-0.2, 0) is 9.59 Å². The number of nitrogens with two attached hydrogens (primary N) is 1. The van der Waals surface area contributed by atoms with Crippen LogP contribution in [0, 0.1) is 11.3 Å². The van der Waals surface area contributed by atoms with Gasteiger partial charge < -0.3 is 16.4 Å². The predicted octanol–water partition coefficient (Wildman–Crippen LogP) is 1.46. The molecule has 1 aliphatic rings. The molecule has 156 valence electrons. The van der Waals surface area contributed by atoms with Gasteiger partial charge in [0.25, 0.3) is 0 Å². The number of thiazole rings is 1. The fourth-order valence-corrected chi connectivity index (χ4v) is 3.96. The Balaban J connectivity index is 1.50. The standard InChI is InChI=1S/C21H18N6O3S/c22-8-15(20(30)25-10-17(28)26-14-5-6-14)21-27-19-16(31-21)7-13(9-24-19)11-1-3-12(4-2-11)18(23)29/h1-4,7,9,14-15H,5-6,10H2,(H2,23,29)(H,25,30)(H,26,28). The summed E-state index contributed by atoms with van der Waals surface area (Å²) in [5.41, 5.74) is 7.74. The number of aromatic nitrogens is 2. The van der Waals surface area contributed by atoms with Crippen LogP contribution in [0.2, 0.25) is 0 Å². The number of primary amides is 1. The Morgan fingerprint density at radius 2 is 1.97 bits per heavy atom. The number of pyridine rings is 1. The summed E-state index contributed by atoms with van der Waals surface area (Å²) in [6.07, 6.45) is 3.54. The van der Waals surface area contributed by atoms with Gasteiger partial charge in [0.2, 0.25) is 17.7 Å². The molecule has 2 aromatic heterocycles. The third-order valence-corrected chi connectivity index (χ3v) is 5.83. The average molecular weight is 434 g/mol. The summed E-state index contributed by atoms with van der Waals surface area (Å²) in [5.74, 6) is -2.48. The van der Waals surface area contributed by atoms with E-state index in [1.54, 1.807) is 30.5 Å². The Kier molecular flexibility index (Phi) is 5.60. The van der Waals surface area contributed by atoms with Gasteiger partial charge in [-0.05, 0) is 36.6 Å². The van der Waals surface area contributed by atoms with E-state index < -0.39 is 17.7 Å². The fraction of sp³-hybridized carbons (Fsp3) is 0.238. The van der Waals surface area contributed by atoms with Gasteiger partial charge >= 0.3 is 0 Å². The largest absolute Gasteiger partial charge is 0.366 e. The quantitative estimate of drug-likeness (QED) is 0.512. The lowest BCUT2D eigenvalue weighted by Gasteiger charge is -2.08. The van der Waals surface area contributed by atoms with Crippen LogP contribution in [0.5, 0.6) is 0 Å². The molecule has 1 atom stereocenters. The summed E-state index contributed by atoms with van der Waals surface area (Å²) in [7, 11) is 0. The molecule has 9 nitrogen and oxygen atoms in total. The first kappa shape index (κ1) is 20.4. The Morgan fingerprint density at radius 3 is 2.61 bits per heavy atom. The first-order valence-electron chi connectivity index (χ1n) is 9.58. The molecule has 1 unspecified atom stereocenters. The van der Waals surface area contributed by atoms with Crippen molar-refractivity contribution in [2.45, 2.75) is 24.8 Å². The summed E-state index contributed by atoms with van der Waals surface area (Å²) < 4.78 is 0.714. The van der Waals surface area contributed by atoms with E-state index in [1.807, 2.05) is 12.1 Å². The second-order valence-electron chi connectivity index (χ2n) is 7.16. The first-order chi connectivity index (χ1) is 14.9. The third-order valence-electron chi connectivity index (χ3n) is 4.77. The number of carbonyl (C=O) groups excluding carboxylic acids is 3. The van der Waals surface area contributed by atoms with Gasteiger partial charge in [-0.3, -0.25) is 14.4 Å². The van der Waals surface area contributed by atoms with Crippen molar-refractivity contribution < 1.29 is 14.4 Å². The molecule has 0 aliphatic heterocycles. The minimum Gasteiger partial charge on any atom is -0.366 e. The SMILES string of the molecule is N#CC(C(=O)NCC(=O)NC1CC1)c1nc2ncc(-c3ccc(C(N)=O)cc3)cc2s1. The van der Waals surface area contributed by atoms with Gasteiger partial charge in [0.05, 0.1) is 17.3 Å². The summed E-state index contributed by atoms with van der Waals surface area (Å²) >= 11 is 1.20. The highest BCUT2D eigenvalue weighted by Gasteiger charge is 2.27. The van der Waals surface area contributed by atoms with E-state index in [4.69, 9.17) is 5.73 Å². The molecule has 4 N–H and O–H groups in total. The number of benzene rings is 1. The lowest BCUT2D eigenvalue weighted by molar-refractivity contribution is -0.126. The molecular weight excluding hydrogens is 416 g/mol. The molecule has 1 saturated carbocycles. The molecule has 3 amide bonds. The lowest BCUT2D eigenvalue weighted by Crippen LogP contribution is -2.39. The van der Waals surface area contributed by atoms with Crippen LogP contribution in [0.4, 0.5) is 0 Å². The predicted molar refractivity (Wildman–Crippen MR) is 114 cm³/mol. The minimum absolute atomic E-state index is 0.178. The summed E-state index contributed by atoms with van der Waals surface area (Å²) in [6.45, 7) is -0.178. The average Bonchev–Trinajstić information content (AvgIpc) is 3.48. The van der Waals surface area contributed by atoms with Gasteiger partial charge in [0.1, 0.15) is 5.01 Å². The van der Waals surface area contributed by atoms with E-state index in [1.165, 1.54) is 11.3 Å². The smallest absolute Gasteiger partial charge is 0.248 e. The molecular formula is C21H18N6O3S. The van der Waals surface area contributed by atoms with Crippen molar-refractivity contribution in [1.29, 1.82) is 5.26 Å². The fourth-order valence-electron chi connectivity index (χ4n) is 2.95. The summed E-state index contributed by atoms with van der Waals surface area (Å²) in [5, 5.41) is 15.1. The Hall–Kier alpha value is -3.84. The molecule has 0 saturated heterocycles. The molecule has 0 spiro atoms. The van der Waals surface area contributed by atoms with Crippen LogP contribution in [0.1, 0.15) is 34.1 Å². The van der Waals surface area contributed by atoms with Crippen LogP contribution in [0.25, 0.3) is 21.5 Å². The maximum Gasteiger partial charge on any atom is 0.248 e. The van der Waals surface area contributed by atoms with Crippen molar-refractivity contribution in [2.75, 3.05) is 6.54 Å². The number of hydrogen-bond donors (Lipinski definition) is 3. The zero-order valence-corrected chi connectivity index (χ0v) is 17.1. The maximum absolute atomic E-state index is 12.4. The Labute approximate surface area is 181 Å². The van der Waals surface area contributed by atoms with E-state index in [0.717, 1.165) is 24.0 Å². The van der Waals surface area contributed by atoms with Gasteiger partial charge in [0.15, 0.2) is 11.6 Å². The Morgan fingerprint density at radius 1 is 1.23 bits per heavy atom. The molecule has 10 heteroatoms. The zero-order valence-electron chi connectivity index (χ0n) is 16.3. The number of rotatable bonds is 7. The molecule has 3 aromatic rings. The normalized spacial score (nSPS) is 13.9. The molecule has 0 bridgehead atoms. The number of nitrogens with zero attached hydrogens (tertiary/aromatic N) is 3. The number of carbonyl (C=O) groups is 3. The number of fused-ring (bicyclic) bond motifs is 1. The van der Waals surface area contributed by atoms with Crippen LogP contribution in [0.3, 0.4) is 0 Å². The monoisotopic (exact) mass is 434 g/mol. The molecule has 4 rings (SSSR count). The van der Waals surface area contributed by atoms with Gasteiger partial charge in [-0.25, -0.2) is 9.97 Å². The van der Waals surface area contributed by atoms with Crippen LogP contribution < -0.4 is 16.4 Å². The molecule has 1 aliphatic carbocycles. The highest BCUT2D eigenvalue weighted by molar-refractivity contribution is 7.18. The van der Waals surface area contributed by atoms with Crippen molar-refractivity contribution >= 4 is 39.4 Å². The highest BCUT2D eigenvalue weighted by Crippen LogP contribution is 2.30. The van der Waals surface area contributed by atoms with E-state index in [0.29, 0.717) is 20.9 Å². The third kappa shape index (κ3) is 4.67. The zero-order chi connectivity index (χ0) is 22.0. The number of amides is 3. The van der Waals surface area contributed by atoms with E-state index in [2.05, 4.69) is 20.6 Å². The van der Waals surface area contributed by atoms with E-state index in [-0.39, 0.29) is 18.5 Å².